The van der Waals surface area contributed by atoms with Gasteiger partial charge in [-0.15, -0.1) is 0 Å². The van der Waals surface area contributed by atoms with E-state index in [2.05, 4.69) is 176 Å². The topological polar surface area (TPSA) is 121 Å². The summed E-state index contributed by atoms with van der Waals surface area (Å²) in [5.41, 5.74) is 6.38. The SMILES string of the molecule is C=C(C)[C@H]1CC[C@H]2[C@@H]3CC[C@H]4C[C@@](O)(C#CC5CC5)CC[C@@H]4[C@H]3CC[C@]12C.C=C(C)[C@H]1CC[C@H]2[C@@H]3C[C@@H](C)[C@H]4C[C@](C)(O)CC[C@@H]4[C@H]3CC[C@]12C.C=C(CBr)[C@H]1CC[C@H]2[C@@H]3CC[C@H]4C[C@@](O)(C#CC5CC5)CC[C@@H]4[C@H]3CC[C@]12C.C=C(CBr)[C@H]1CC[C@H]2[C@@H]3C[C@@H](C)[C@H]4C[C@](C)(O)CC[C@@H]4[C@H]3CC[C@]12C.C=C(CO)[C@H]1CC[C@H]2[C@@H]3CC[C@H]4C[C@@](O)(C#CC5CC5)CC[C@@H]4[C@H]3CC[C@]12C. The molecule has 0 heterocycles. The molecule has 23 aliphatic carbocycles. The highest BCUT2D eigenvalue weighted by atomic mass is 79.9. The number of alkyl halides is 2. The third-order valence-corrected chi connectivity index (χ3v) is 49.3. The van der Waals surface area contributed by atoms with E-state index < -0.39 is 28.0 Å². The van der Waals surface area contributed by atoms with Crippen molar-refractivity contribution in [3.63, 3.8) is 0 Å². The molecule has 42 atom stereocenters. The van der Waals surface area contributed by atoms with Crippen LogP contribution in [0.15, 0.2) is 60.8 Å². The van der Waals surface area contributed by atoms with Crippen LogP contribution in [0.25, 0.3) is 0 Å². The quantitative estimate of drug-likeness (QED) is 0.0818. The predicted molar refractivity (Wildman–Crippen MR) is 551 cm³/mol. The number of hydrogen-bond acceptors (Lipinski definition) is 6. The van der Waals surface area contributed by atoms with Crippen molar-refractivity contribution in [2.45, 2.75) is 419 Å². The van der Waals surface area contributed by atoms with Crippen molar-refractivity contribution in [2.24, 2.45) is 234 Å². The van der Waals surface area contributed by atoms with Gasteiger partial charge in [0.15, 0.2) is 0 Å². The Bertz CT molecular complexity index is 4280. The Morgan fingerprint density at radius 1 is 0.273 bits per heavy atom. The summed E-state index contributed by atoms with van der Waals surface area (Å²) in [7, 11) is 0. The highest BCUT2D eigenvalue weighted by Gasteiger charge is 2.66. The van der Waals surface area contributed by atoms with Crippen molar-refractivity contribution >= 4 is 31.9 Å². The molecule has 0 aromatic heterocycles. The summed E-state index contributed by atoms with van der Waals surface area (Å²) in [6.07, 6.45) is 62.1. The Labute approximate surface area is 823 Å². The van der Waals surface area contributed by atoms with Crippen LogP contribution in [0.4, 0.5) is 0 Å². The molecule has 6 nitrogen and oxygen atoms in total. The fourth-order valence-electron chi connectivity index (χ4n) is 41.1. The average Bonchev–Trinajstić information content (AvgIpc) is 1.52. The van der Waals surface area contributed by atoms with Gasteiger partial charge in [0.25, 0.3) is 0 Å². The summed E-state index contributed by atoms with van der Waals surface area (Å²) in [4.78, 5) is 0. The standard InChI is InChI=1S/C26H37BrO.C26H38O2.C26H38O.C23H37BrO.C23H38O/c2*1-17(16-27)23-7-8-24-22-6-5-19-15-26(28,13-9-18-3-4-18)14-11-20(19)21(22)10-12-25(23,24)2;1-17(2)23-8-9-24-22-7-6-19-16-26(27,14-10-18-4-5-18)15-12-20(19)21(22)11-13-25(23,24)3;1-14-11-18-16(17-7-9-22(3,25)12-19(14)17)8-10-23(4)20(15(2)13-24)5-6-21(18)23;1-14(2)20-6-7-21-18-12-15(3)19-13-22(4,24)10-8-17(19)16(18)9-11-23(20,21)5/h18-24,28H,1,3-8,10-12,14-16H2,2H3;18-24,27-28H,1,3-8,10-12,14-16H2,2H3;18-24,27H,1,4-9,11-13,15-16H2,2-3H3;14,16-21,25H,2,5-13H2,1,3-4H3;15-21,24H,1,6-13H2,2-5H3/t3*19-,20-,21+,22+,23+,24-,25+,26+;14-,16-,17-,18-,19-,20-,21+,22-,23-;15-,16-,17-,18-,19-,20-,21+,22-,23-/m00011/s1. The lowest BCUT2D eigenvalue weighted by molar-refractivity contribution is -0.117. The molecule has 0 unspecified atom stereocenters. The number of rotatable bonds is 8. The van der Waals surface area contributed by atoms with Gasteiger partial charge in [-0.1, -0.05) is 171 Å². The fraction of sp³-hybridized carbons (Fsp3) is 0.871. The van der Waals surface area contributed by atoms with E-state index in [1.165, 1.54) is 273 Å². The second-order valence-corrected chi connectivity index (χ2v) is 56.3. The molecule has 734 valence electrons. The second kappa shape index (κ2) is 38.0. The van der Waals surface area contributed by atoms with E-state index >= 15 is 0 Å². The molecular formula is C124H188Br2O6. The summed E-state index contributed by atoms with van der Waals surface area (Å²) >= 11 is 7.36. The Morgan fingerprint density at radius 3 is 0.803 bits per heavy atom. The van der Waals surface area contributed by atoms with E-state index in [0.717, 1.165) is 252 Å². The van der Waals surface area contributed by atoms with Crippen LogP contribution in [0.1, 0.15) is 391 Å². The second-order valence-electron chi connectivity index (χ2n) is 55.2. The van der Waals surface area contributed by atoms with Crippen molar-refractivity contribution in [2.75, 3.05) is 17.3 Å². The molecule has 0 aliphatic heterocycles. The van der Waals surface area contributed by atoms with E-state index in [4.69, 9.17) is 0 Å². The lowest BCUT2D eigenvalue weighted by atomic mass is 9.47. The van der Waals surface area contributed by atoms with Gasteiger partial charge in [-0.25, -0.2) is 0 Å². The van der Waals surface area contributed by atoms with Crippen LogP contribution in [-0.4, -0.2) is 75.9 Å². The molecule has 8 heteroatoms. The molecule has 0 amide bonds. The van der Waals surface area contributed by atoms with Gasteiger partial charge in [0.05, 0.1) is 17.8 Å². The van der Waals surface area contributed by atoms with E-state index in [1.807, 2.05) is 0 Å². The zero-order valence-corrected chi connectivity index (χ0v) is 88.6. The molecule has 23 rings (SSSR count). The molecular weight excluding hydrogens is 1750 g/mol. The molecule has 0 aromatic carbocycles. The van der Waals surface area contributed by atoms with Crippen molar-refractivity contribution < 1.29 is 30.6 Å². The van der Waals surface area contributed by atoms with E-state index in [-0.39, 0.29) is 6.61 Å². The first-order valence-corrected chi connectivity index (χ1v) is 59.3. The van der Waals surface area contributed by atoms with Gasteiger partial charge >= 0.3 is 0 Å². The van der Waals surface area contributed by atoms with Gasteiger partial charge in [0.1, 0.15) is 16.8 Å². The van der Waals surface area contributed by atoms with Gasteiger partial charge in [-0.3, -0.25) is 0 Å². The van der Waals surface area contributed by atoms with Crippen molar-refractivity contribution in [1.82, 2.24) is 0 Å². The molecule has 0 spiro atoms. The minimum absolute atomic E-state index is 0.159. The molecule has 6 N–H and O–H groups in total. The van der Waals surface area contributed by atoms with Gasteiger partial charge in [-0.05, 0) is 564 Å². The minimum atomic E-state index is -0.697. The van der Waals surface area contributed by atoms with Crippen LogP contribution < -0.4 is 0 Å². The van der Waals surface area contributed by atoms with Gasteiger partial charge < -0.3 is 30.6 Å². The summed E-state index contributed by atoms with van der Waals surface area (Å²) in [5.74, 6) is 48.6. The van der Waals surface area contributed by atoms with Crippen LogP contribution in [0.2, 0.25) is 0 Å². The normalized spacial score (nSPS) is 52.5. The van der Waals surface area contributed by atoms with Crippen LogP contribution in [0.5, 0.6) is 0 Å². The third-order valence-electron chi connectivity index (χ3n) is 47.8. The first-order chi connectivity index (χ1) is 62.8. The molecule has 23 aliphatic rings. The lowest BCUT2D eigenvalue weighted by Crippen LogP contribution is -2.52. The molecule has 0 bridgehead atoms. The maximum atomic E-state index is 11.1. The lowest BCUT2D eigenvalue weighted by Gasteiger charge is -2.59. The third kappa shape index (κ3) is 18.8. The zero-order chi connectivity index (χ0) is 93.1. The van der Waals surface area contributed by atoms with Crippen LogP contribution in [0, 0.1) is 270 Å². The molecule has 0 radical (unpaired) electrons. The summed E-state index contributed by atoms with van der Waals surface area (Å²) in [6.45, 7) is 48.5. The van der Waals surface area contributed by atoms with Gasteiger partial charge in [0.2, 0.25) is 0 Å². The molecule has 23 saturated carbocycles. The smallest absolute Gasteiger partial charge is 0.125 e. The van der Waals surface area contributed by atoms with Crippen molar-refractivity contribution in [3.05, 3.63) is 60.8 Å². The number of allylic oxidation sites excluding steroid dienone is 4. The number of fused-ring (bicyclic) bond motifs is 25. The van der Waals surface area contributed by atoms with Crippen LogP contribution in [-0.2, 0) is 0 Å². The Kier molecular flexibility index (Phi) is 28.5. The number of aliphatic hydroxyl groups is 6. The molecule has 0 aromatic rings. The van der Waals surface area contributed by atoms with E-state index in [9.17, 15) is 30.6 Å². The summed E-state index contributed by atoms with van der Waals surface area (Å²) in [5, 5.41) is 66.1. The first kappa shape index (κ1) is 98.9. The van der Waals surface area contributed by atoms with Crippen molar-refractivity contribution in [1.29, 1.82) is 0 Å². The number of halogens is 2. The number of hydrogen-bond donors (Lipinski definition) is 6. The maximum absolute atomic E-state index is 11.1. The van der Waals surface area contributed by atoms with Crippen LogP contribution >= 0.6 is 31.9 Å². The predicted octanol–water partition coefficient (Wildman–Crippen LogP) is 29.3. The maximum Gasteiger partial charge on any atom is 0.125 e. The van der Waals surface area contributed by atoms with Crippen LogP contribution in [0.3, 0.4) is 0 Å². The van der Waals surface area contributed by atoms with Crippen molar-refractivity contribution in [3.8, 4) is 35.5 Å². The first-order valence-electron chi connectivity index (χ1n) is 57.0. The van der Waals surface area contributed by atoms with E-state index in [1.54, 1.807) is 0 Å². The fourth-order valence-corrected chi connectivity index (χ4v) is 41.9. The average molecular weight is 1930 g/mol. The Morgan fingerprint density at radius 2 is 0.523 bits per heavy atom. The van der Waals surface area contributed by atoms with E-state index in [0.29, 0.717) is 62.6 Å². The Balaban J connectivity index is 0.000000107. The highest BCUT2D eigenvalue weighted by molar-refractivity contribution is 9.09. The van der Waals surface area contributed by atoms with Gasteiger partial charge in [0, 0.05) is 28.4 Å². The molecule has 0 saturated heterocycles. The monoisotopic (exact) mass is 1930 g/mol. The molecule has 23 fully saturated rings. The number of aliphatic hydroxyl groups excluding tert-OH is 1. The largest absolute Gasteiger partial charge is 0.392 e. The minimum Gasteiger partial charge on any atom is -0.392 e. The Hall–Kier alpha value is -1.90. The zero-order valence-electron chi connectivity index (χ0n) is 85.5. The highest BCUT2D eigenvalue weighted by Crippen LogP contribution is 2.73. The molecule has 132 heavy (non-hydrogen) atoms. The summed E-state index contributed by atoms with van der Waals surface area (Å²) in [6, 6.07) is 0. The van der Waals surface area contributed by atoms with Gasteiger partial charge in [-0.2, -0.15) is 0 Å². The summed E-state index contributed by atoms with van der Waals surface area (Å²) < 4.78 is 0.